The van der Waals surface area contributed by atoms with Crippen molar-refractivity contribution in [3.63, 3.8) is 0 Å². The van der Waals surface area contributed by atoms with Crippen molar-refractivity contribution >= 4 is 29.3 Å². The lowest BCUT2D eigenvalue weighted by Crippen LogP contribution is -2.21. The van der Waals surface area contributed by atoms with E-state index in [4.69, 9.17) is 36.1 Å². The lowest BCUT2D eigenvalue weighted by molar-refractivity contribution is -0.193. The van der Waals surface area contributed by atoms with E-state index in [9.17, 15) is 26.3 Å². The third-order valence-electron chi connectivity index (χ3n) is 4.53. The van der Waals surface area contributed by atoms with Crippen LogP contribution in [-0.4, -0.2) is 51.3 Å². The standard InChI is InChI=1S/C15H15ClN2O.2C2HF3O2/c16-14-7-18-12(4-13(14)9-1-2-9)8-19-15-5-11-3-10(15)6-17-11;2*3-2(4,5)1(6)7/h4,6-7,9,15H,1-3,5,8H2;2*(H,6,7)/t15-;;/m0../s1. The molecular formula is C19H17ClF6N2O5. The summed E-state index contributed by atoms with van der Waals surface area (Å²) in [7, 11) is 0. The smallest absolute Gasteiger partial charge is 0.475 e. The molecule has 1 aromatic heterocycles. The number of alkyl halides is 6. The molecule has 0 amide bonds. The number of rotatable bonds is 4. The van der Waals surface area contributed by atoms with Crippen LogP contribution >= 0.6 is 11.6 Å². The molecule has 1 atom stereocenters. The summed E-state index contributed by atoms with van der Waals surface area (Å²) in [5.74, 6) is -4.87. The molecule has 14 heteroatoms. The second-order valence-corrected chi connectivity index (χ2v) is 7.56. The van der Waals surface area contributed by atoms with Gasteiger partial charge < -0.3 is 14.9 Å². The molecule has 2 saturated carbocycles. The van der Waals surface area contributed by atoms with Crippen LogP contribution in [0, 0.1) is 0 Å². The maximum absolute atomic E-state index is 10.6. The highest BCUT2D eigenvalue weighted by molar-refractivity contribution is 6.31. The van der Waals surface area contributed by atoms with Gasteiger partial charge in [0, 0.05) is 31.0 Å². The number of fused-ring (bicyclic) bond motifs is 2. The predicted molar refractivity (Wildman–Crippen MR) is 102 cm³/mol. The number of aromatic nitrogens is 1. The zero-order valence-corrected chi connectivity index (χ0v) is 17.3. The Balaban J connectivity index is 0.000000230. The Hall–Kier alpha value is -2.67. The van der Waals surface area contributed by atoms with Gasteiger partial charge in [0.15, 0.2) is 0 Å². The molecule has 0 saturated heterocycles. The molecule has 1 aliphatic heterocycles. The molecule has 0 unspecified atom stereocenters. The highest BCUT2D eigenvalue weighted by atomic mass is 35.5. The van der Waals surface area contributed by atoms with E-state index in [0.717, 1.165) is 23.6 Å². The van der Waals surface area contributed by atoms with Gasteiger partial charge in [0.2, 0.25) is 0 Å². The van der Waals surface area contributed by atoms with Crippen molar-refractivity contribution in [1.82, 2.24) is 4.98 Å². The van der Waals surface area contributed by atoms with Crippen molar-refractivity contribution < 1.29 is 50.9 Å². The summed E-state index contributed by atoms with van der Waals surface area (Å²) in [6, 6.07) is 2.11. The zero-order valence-electron chi connectivity index (χ0n) is 16.6. The van der Waals surface area contributed by atoms with Crippen LogP contribution in [0.3, 0.4) is 0 Å². The van der Waals surface area contributed by atoms with Gasteiger partial charge in [-0.3, -0.25) is 9.98 Å². The Bertz CT molecular complexity index is 933. The number of aliphatic imine (C=N–C) groups is 1. The molecule has 2 heterocycles. The highest BCUT2D eigenvalue weighted by Crippen LogP contribution is 2.43. The second-order valence-electron chi connectivity index (χ2n) is 7.16. The van der Waals surface area contributed by atoms with Crippen molar-refractivity contribution in [2.75, 3.05) is 0 Å². The van der Waals surface area contributed by atoms with Gasteiger partial charge in [0.25, 0.3) is 0 Å². The van der Waals surface area contributed by atoms with Gasteiger partial charge in [-0.15, -0.1) is 0 Å². The average Bonchev–Trinajstić information content (AvgIpc) is 3.33. The summed E-state index contributed by atoms with van der Waals surface area (Å²) in [6.07, 6.45) is -1.78. The summed E-state index contributed by atoms with van der Waals surface area (Å²) in [4.78, 5) is 26.5. The van der Waals surface area contributed by atoms with E-state index >= 15 is 0 Å². The van der Waals surface area contributed by atoms with Gasteiger partial charge in [0.05, 0.1) is 23.4 Å². The van der Waals surface area contributed by atoms with E-state index in [1.54, 1.807) is 6.20 Å². The Labute approximate surface area is 187 Å². The molecule has 2 bridgehead atoms. The number of carboxylic acid groups (broad SMARTS) is 2. The molecule has 2 aliphatic carbocycles. The number of carboxylic acids is 2. The number of hydrogen-bond acceptors (Lipinski definition) is 5. The van der Waals surface area contributed by atoms with E-state index in [-0.39, 0.29) is 6.10 Å². The topological polar surface area (TPSA) is 109 Å². The van der Waals surface area contributed by atoms with Crippen LogP contribution in [0.1, 0.15) is 42.9 Å². The molecule has 2 N–H and O–H groups in total. The third kappa shape index (κ3) is 8.31. The molecular weight excluding hydrogens is 486 g/mol. The van der Waals surface area contributed by atoms with Crippen LogP contribution in [0.15, 0.2) is 29.0 Å². The molecule has 3 aliphatic rings. The molecule has 2 fully saturated rings. The fourth-order valence-corrected chi connectivity index (χ4v) is 3.06. The number of nitrogens with zero attached hydrogens (tertiary/aromatic N) is 2. The first-order valence-corrected chi connectivity index (χ1v) is 9.67. The first kappa shape index (κ1) is 26.6. The number of carbonyl (C=O) groups is 2. The van der Waals surface area contributed by atoms with Crippen LogP contribution in [0.5, 0.6) is 0 Å². The quantitative estimate of drug-likeness (QED) is 0.567. The number of aliphatic carboxylic acids is 2. The van der Waals surface area contributed by atoms with Crippen molar-refractivity contribution in [2.24, 2.45) is 4.99 Å². The SMILES string of the molecule is Clc1cnc(CO[C@H]2CC3=NC=C2C3)cc1C1CC1.O=C(O)C(F)(F)F.O=C(O)C(F)(F)F. The van der Waals surface area contributed by atoms with Gasteiger partial charge in [-0.2, -0.15) is 26.3 Å². The molecule has 33 heavy (non-hydrogen) atoms. The average molecular weight is 503 g/mol. The molecule has 0 spiro atoms. The summed E-state index contributed by atoms with van der Waals surface area (Å²) in [5, 5.41) is 15.0. The number of pyridine rings is 1. The van der Waals surface area contributed by atoms with Crippen molar-refractivity contribution in [3.05, 3.63) is 40.3 Å². The second kappa shape index (κ2) is 10.5. The predicted octanol–water partition coefficient (Wildman–Crippen LogP) is 4.90. The van der Waals surface area contributed by atoms with Gasteiger partial charge >= 0.3 is 24.3 Å². The maximum atomic E-state index is 10.6. The number of halogens is 7. The highest BCUT2D eigenvalue weighted by Gasteiger charge is 2.39. The monoisotopic (exact) mass is 502 g/mol. The first-order valence-electron chi connectivity index (χ1n) is 9.29. The van der Waals surface area contributed by atoms with Gasteiger partial charge in [-0.05, 0) is 36.0 Å². The lowest BCUT2D eigenvalue weighted by atomic mass is 10.1. The lowest BCUT2D eigenvalue weighted by Gasteiger charge is -2.14. The van der Waals surface area contributed by atoms with Crippen LogP contribution in [-0.2, 0) is 20.9 Å². The number of hydrogen-bond donors (Lipinski definition) is 2. The number of ether oxygens (including phenoxy) is 1. The summed E-state index contributed by atoms with van der Waals surface area (Å²) in [5.41, 5.74) is 4.79. The van der Waals surface area contributed by atoms with Crippen LogP contribution < -0.4 is 0 Å². The fraction of sp³-hybridized carbons (Fsp3) is 0.474. The van der Waals surface area contributed by atoms with E-state index in [0.29, 0.717) is 12.5 Å². The minimum absolute atomic E-state index is 0.217. The van der Waals surface area contributed by atoms with E-state index in [1.807, 2.05) is 6.20 Å². The molecule has 0 aromatic carbocycles. The molecule has 4 rings (SSSR count). The van der Waals surface area contributed by atoms with E-state index < -0.39 is 24.3 Å². The first-order chi connectivity index (χ1) is 15.2. The summed E-state index contributed by atoms with van der Waals surface area (Å²) in [6.45, 7) is 0.562. The molecule has 1 aromatic rings. The summed E-state index contributed by atoms with van der Waals surface area (Å²) >= 11 is 6.18. The Morgan fingerprint density at radius 1 is 1.09 bits per heavy atom. The molecule has 182 valence electrons. The maximum Gasteiger partial charge on any atom is 0.490 e. The Morgan fingerprint density at radius 2 is 1.64 bits per heavy atom. The largest absolute Gasteiger partial charge is 0.490 e. The van der Waals surface area contributed by atoms with Crippen molar-refractivity contribution in [2.45, 2.75) is 56.7 Å². The Morgan fingerprint density at radius 3 is 2.03 bits per heavy atom. The minimum Gasteiger partial charge on any atom is -0.475 e. The van der Waals surface area contributed by atoms with Gasteiger partial charge in [-0.25, -0.2) is 9.59 Å². The third-order valence-corrected chi connectivity index (χ3v) is 4.85. The minimum atomic E-state index is -5.08. The van der Waals surface area contributed by atoms with E-state index in [2.05, 4.69) is 16.0 Å². The fourth-order valence-electron chi connectivity index (χ4n) is 2.81. The van der Waals surface area contributed by atoms with Gasteiger partial charge in [-0.1, -0.05) is 11.6 Å². The van der Waals surface area contributed by atoms with Crippen molar-refractivity contribution in [1.29, 1.82) is 0 Å². The zero-order chi connectivity index (χ0) is 25.0. The Kier molecular flexibility index (Phi) is 8.46. The van der Waals surface area contributed by atoms with Crippen LogP contribution in [0.4, 0.5) is 26.3 Å². The molecule has 0 radical (unpaired) electrons. The van der Waals surface area contributed by atoms with E-state index in [1.165, 1.54) is 29.7 Å². The summed E-state index contributed by atoms with van der Waals surface area (Å²) < 4.78 is 69.4. The van der Waals surface area contributed by atoms with Crippen LogP contribution in [0.25, 0.3) is 0 Å². The van der Waals surface area contributed by atoms with Crippen molar-refractivity contribution in [3.8, 4) is 0 Å². The van der Waals surface area contributed by atoms with Gasteiger partial charge in [0.1, 0.15) is 0 Å². The van der Waals surface area contributed by atoms with Crippen LogP contribution in [0.2, 0.25) is 5.02 Å². The molecule has 7 nitrogen and oxygen atoms in total. The normalized spacial score (nSPS) is 18.9.